The number of para-hydroxylation sites is 1. The molecule has 6 rings (SSSR count). The fourth-order valence-electron chi connectivity index (χ4n) is 4.56. The molecular weight excluding hydrogens is 569 g/mol. The molecule has 0 spiro atoms. The number of Topliss-reactive ketones (excluding diaryl/α,β-unsaturated/α-hetero) is 1. The number of anilines is 1. The average Bonchev–Trinajstić information content (AvgIpc) is 3.69. The van der Waals surface area contributed by atoms with Gasteiger partial charge in [0.15, 0.2) is 27.2 Å². The quantitative estimate of drug-likeness (QED) is 0.123. The molecule has 0 aliphatic carbocycles. The smallest absolute Gasteiger partial charge is 0.296 e. The molecule has 0 fully saturated rings. The number of carbonyl (C=O) groups excluding carboxylic acids is 2. The molecule has 3 aromatic carbocycles. The average molecular weight is 590 g/mol. The van der Waals surface area contributed by atoms with Gasteiger partial charge < -0.3 is 19.4 Å². The molecule has 2 aromatic heterocycles. The standard InChI is InChI=1S/C29H20FN3O6S2/c1-38-20-8-4-6-16-13-21(39-26(16)20)24(35)22-23(15-9-11-18(34)12-10-15)33(27(37)25(22)36)28-31-32-29(41-28)40-14-17-5-2-3-7-19(17)30/h2-13,23,34,36H,14H2,1H3. The van der Waals surface area contributed by atoms with Gasteiger partial charge in [-0.2, -0.15) is 0 Å². The molecule has 1 aliphatic heterocycles. The summed E-state index contributed by atoms with van der Waals surface area (Å²) in [6.07, 6.45) is 0. The number of nitrogens with zero attached hydrogens (tertiary/aromatic N) is 3. The monoisotopic (exact) mass is 589 g/mol. The number of thioether (sulfide) groups is 1. The molecule has 0 radical (unpaired) electrons. The molecule has 1 atom stereocenters. The van der Waals surface area contributed by atoms with Gasteiger partial charge in [0.2, 0.25) is 10.9 Å². The summed E-state index contributed by atoms with van der Waals surface area (Å²) in [5, 5.41) is 29.9. The van der Waals surface area contributed by atoms with Crippen molar-refractivity contribution in [3.05, 3.63) is 107 Å². The van der Waals surface area contributed by atoms with E-state index in [1.54, 1.807) is 48.5 Å². The number of amides is 1. The summed E-state index contributed by atoms with van der Waals surface area (Å²) in [5.74, 6) is -2.04. The zero-order valence-corrected chi connectivity index (χ0v) is 22.9. The Morgan fingerprint density at radius 2 is 1.88 bits per heavy atom. The first-order chi connectivity index (χ1) is 19.9. The highest BCUT2D eigenvalue weighted by atomic mass is 32.2. The van der Waals surface area contributed by atoms with Crippen molar-refractivity contribution in [3.8, 4) is 11.5 Å². The lowest BCUT2D eigenvalue weighted by atomic mass is 9.95. The van der Waals surface area contributed by atoms with Gasteiger partial charge >= 0.3 is 0 Å². The molecule has 0 saturated heterocycles. The Hall–Kier alpha value is -4.68. The summed E-state index contributed by atoms with van der Waals surface area (Å²) in [6, 6.07) is 17.9. The number of phenols is 1. The molecule has 1 unspecified atom stereocenters. The Bertz CT molecular complexity index is 1830. The number of hydrogen-bond acceptors (Lipinski definition) is 10. The van der Waals surface area contributed by atoms with Crippen molar-refractivity contribution in [2.75, 3.05) is 12.0 Å². The maximum atomic E-state index is 14.1. The minimum atomic E-state index is -1.09. The van der Waals surface area contributed by atoms with E-state index < -0.39 is 23.5 Å². The number of aromatic nitrogens is 2. The molecule has 41 heavy (non-hydrogen) atoms. The zero-order valence-electron chi connectivity index (χ0n) is 21.3. The summed E-state index contributed by atoms with van der Waals surface area (Å²) in [6.45, 7) is 0. The molecule has 1 amide bonds. The Balaban J connectivity index is 1.37. The largest absolute Gasteiger partial charge is 0.508 e. The van der Waals surface area contributed by atoms with Crippen LogP contribution in [-0.4, -0.2) is 39.2 Å². The number of benzene rings is 3. The number of carbonyl (C=O) groups is 2. The van der Waals surface area contributed by atoms with E-state index in [9.17, 15) is 24.2 Å². The summed E-state index contributed by atoms with van der Waals surface area (Å²) in [7, 11) is 1.48. The van der Waals surface area contributed by atoms with Crippen LogP contribution in [0.4, 0.5) is 9.52 Å². The first kappa shape index (κ1) is 26.5. The first-order valence-electron chi connectivity index (χ1n) is 12.2. The third-order valence-electron chi connectivity index (χ3n) is 6.52. The lowest BCUT2D eigenvalue weighted by molar-refractivity contribution is -0.117. The van der Waals surface area contributed by atoms with Crippen LogP contribution in [0.3, 0.4) is 0 Å². The van der Waals surface area contributed by atoms with E-state index in [4.69, 9.17) is 9.15 Å². The number of ketones is 1. The molecule has 3 heterocycles. The van der Waals surface area contributed by atoms with Crippen molar-refractivity contribution in [2.45, 2.75) is 16.1 Å². The predicted octanol–water partition coefficient (Wildman–Crippen LogP) is 6.21. The normalized spacial score (nSPS) is 15.2. The van der Waals surface area contributed by atoms with Crippen LogP contribution in [0.2, 0.25) is 0 Å². The molecule has 5 aromatic rings. The Morgan fingerprint density at radius 3 is 2.63 bits per heavy atom. The van der Waals surface area contributed by atoms with Gasteiger partial charge in [0.1, 0.15) is 11.6 Å². The van der Waals surface area contributed by atoms with Crippen molar-refractivity contribution >= 4 is 50.9 Å². The van der Waals surface area contributed by atoms with Gasteiger partial charge in [-0.25, -0.2) is 4.39 Å². The Kier molecular flexibility index (Phi) is 6.93. The van der Waals surface area contributed by atoms with Crippen molar-refractivity contribution in [1.82, 2.24) is 10.2 Å². The molecule has 12 heteroatoms. The Morgan fingerprint density at radius 1 is 1.10 bits per heavy atom. The van der Waals surface area contributed by atoms with Crippen LogP contribution in [0, 0.1) is 5.82 Å². The molecule has 9 nitrogen and oxygen atoms in total. The van der Waals surface area contributed by atoms with Gasteiger partial charge in [-0.15, -0.1) is 10.2 Å². The van der Waals surface area contributed by atoms with Gasteiger partial charge in [0, 0.05) is 11.1 Å². The fraction of sp³-hybridized carbons (Fsp3) is 0.103. The molecular formula is C29H20FN3O6S2. The highest BCUT2D eigenvalue weighted by Gasteiger charge is 2.47. The van der Waals surface area contributed by atoms with Crippen molar-refractivity contribution in [2.24, 2.45) is 0 Å². The Labute approximate surface area is 240 Å². The second kappa shape index (κ2) is 10.7. The lowest BCUT2D eigenvalue weighted by Gasteiger charge is -2.23. The van der Waals surface area contributed by atoms with E-state index in [0.717, 1.165) is 11.3 Å². The summed E-state index contributed by atoms with van der Waals surface area (Å²) >= 11 is 2.31. The predicted molar refractivity (Wildman–Crippen MR) is 151 cm³/mol. The minimum Gasteiger partial charge on any atom is -0.508 e. The number of aliphatic hydroxyl groups excluding tert-OH is 1. The molecule has 0 saturated carbocycles. The summed E-state index contributed by atoms with van der Waals surface area (Å²) in [5.41, 5.74) is 1.06. The van der Waals surface area contributed by atoms with E-state index >= 15 is 0 Å². The topological polar surface area (TPSA) is 126 Å². The van der Waals surface area contributed by atoms with E-state index in [-0.39, 0.29) is 28.0 Å². The van der Waals surface area contributed by atoms with Crippen LogP contribution in [0.15, 0.2) is 92.9 Å². The molecule has 1 aliphatic rings. The van der Waals surface area contributed by atoms with Crippen LogP contribution in [0.1, 0.15) is 27.7 Å². The first-order valence-corrected chi connectivity index (χ1v) is 14.0. The maximum absolute atomic E-state index is 14.1. The van der Waals surface area contributed by atoms with Gasteiger partial charge in [0.05, 0.1) is 18.7 Å². The van der Waals surface area contributed by atoms with Crippen LogP contribution >= 0.6 is 23.1 Å². The molecule has 2 N–H and O–H groups in total. The number of methoxy groups -OCH3 is 1. The van der Waals surface area contributed by atoms with Crippen molar-refractivity contribution < 1.29 is 33.3 Å². The maximum Gasteiger partial charge on any atom is 0.296 e. The van der Waals surface area contributed by atoms with E-state index in [1.165, 1.54) is 48.0 Å². The number of hydrogen-bond donors (Lipinski definition) is 2. The number of rotatable bonds is 8. The van der Waals surface area contributed by atoms with Crippen molar-refractivity contribution in [1.29, 1.82) is 0 Å². The number of fused-ring (bicyclic) bond motifs is 1. The number of phenolic OH excluding ortho intramolecular Hbond substituents is 1. The van der Waals surface area contributed by atoms with Gasteiger partial charge in [0.25, 0.3) is 5.91 Å². The third kappa shape index (κ3) is 4.81. The lowest BCUT2D eigenvalue weighted by Crippen LogP contribution is -2.31. The minimum absolute atomic E-state index is 0.0159. The second-order valence-corrected chi connectivity index (χ2v) is 11.2. The van der Waals surface area contributed by atoms with Crippen molar-refractivity contribution in [3.63, 3.8) is 0 Å². The summed E-state index contributed by atoms with van der Waals surface area (Å²) in [4.78, 5) is 28.5. The number of furan rings is 1. The second-order valence-electron chi connectivity index (χ2n) is 8.98. The number of aliphatic hydroxyl groups is 1. The van der Waals surface area contributed by atoms with Gasteiger partial charge in [-0.05, 0) is 41.5 Å². The molecule has 0 bridgehead atoms. The summed E-state index contributed by atoms with van der Waals surface area (Å²) < 4.78 is 25.7. The van der Waals surface area contributed by atoms with E-state index in [2.05, 4.69) is 10.2 Å². The van der Waals surface area contributed by atoms with Gasteiger partial charge in [-0.1, -0.05) is 65.6 Å². The van der Waals surface area contributed by atoms with Crippen LogP contribution in [0.25, 0.3) is 11.0 Å². The highest BCUT2D eigenvalue weighted by Crippen LogP contribution is 2.44. The van der Waals surface area contributed by atoms with E-state index in [1.807, 2.05) is 0 Å². The highest BCUT2D eigenvalue weighted by molar-refractivity contribution is 8.00. The number of ether oxygens (including phenoxy) is 1. The SMILES string of the molecule is COc1cccc2cc(C(=O)C3=C(O)C(=O)N(c4nnc(SCc5ccccc5F)s4)C3c3ccc(O)cc3)oc12. The van der Waals surface area contributed by atoms with Gasteiger partial charge in [-0.3, -0.25) is 14.5 Å². The zero-order chi connectivity index (χ0) is 28.7. The van der Waals surface area contributed by atoms with Crippen LogP contribution < -0.4 is 9.64 Å². The third-order valence-corrected chi connectivity index (χ3v) is 8.63. The van der Waals surface area contributed by atoms with Crippen LogP contribution in [0.5, 0.6) is 11.5 Å². The number of halogens is 1. The molecule has 206 valence electrons. The number of aromatic hydroxyl groups is 1. The fourth-order valence-corrected chi connectivity index (χ4v) is 6.42. The van der Waals surface area contributed by atoms with Crippen LogP contribution in [-0.2, 0) is 10.5 Å². The van der Waals surface area contributed by atoms with E-state index in [0.29, 0.717) is 37.9 Å².